The van der Waals surface area contributed by atoms with Crippen molar-refractivity contribution in [1.82, 2.24) is 5.32 Å². The average molecular weight is 353 g/mol. The normalized spacial score (nSPS) is 10.0. The van der Waals surface area contributed by atoms with Crippen molar-refractivity contribution < 1.29 is 14.3 Å². The molecule has 2 amide bonds. The highest BCUT2D eigenvalue weighted by atomic mass is 35.5. The maximum absolute atomic E-state index is 12.0. The first-order valence-corrected chi connectivity index (χ1v) is 7.43. The zero-order valence-electron chi connectivity index (χ0n) is 12.2. The van der Waals surface area contributed by atoms with Crippen LogP contribution in [-0.4, -0.2) is 19.1 Å². The summed E-state index contributed by atoms with van der Waals surface area (Å²) < 4.78 is 4.63. The van der Waals surface area contributed by atoms with Crippen LogP contribution < -0.4 is 10.6 Å². The predicted molar refractivity (Wildman–Crippen MR) is 90.1 cm³/mol. The fourth-order valence-electron chi connectivity index (χ4n) is 1.85. The molecule has 0 fully saturated rings. The van der Waals surface area contributed by atoms with Gasteiger partial charge in [0.25, 0.3) is 0 Å². The molecule has 2 N–H and O–H groups in total. The number of amides is 2. The molecule has 0 aliphatic carbocycles. The highest BCUT2D eigenvalue weighted by Crippen LogP contribution is 2.23. The molecule has 2 rings (SSSR count). The molecule has 0 heterocycles. The predicted octanol–water partition coefficient (Wildman–Crippen LogP) is 4.10. The molecule has 0 saturated heterocycles. The number of urea groups is 1. The van der Waals surface area contributed by atoms with Crippen LogP contribution in [0.1, 0.15) is 15.9 Å². The van der Waals surface area contributed by atoms with Crippen LogP contribution in [0.3, 0.4) is 0 Å². The van der Waals surface area contributed by atoms with Gasteiger partial charge in [-0.3, -0.25) is 0 Å². The number of methoxy groups -OCH3 is 1. The minimum absolute atomic E-state index is 0.264. The molecule has 120 valence electrons. The molecule has 0 atom stereocenters. The van der Waals surface area contributed by atoms with E-state index in [1.54, 1.807) is 6.07 Å². The molecule has 0 radical (unpaired) electrons. The van der Waals surface area contributed by atoms with Crippen molar-refractivity contribution in [2.75, 3.05) is 12.4 Å². The fourth-order valence-corrected chi connectivity index (χ4v) is 2.22. The SMILES string of the molecule is COC(=O)c1ccc(Cl)c(NC(=O)NCc2ccccc2Cl)c1. The van der Waals surface area contributed by atoms with Gasteiger partial charge in [0, 0.05) is 11.6 Å². The summed E-state index contributed by atoms with van der Waals surface area (Å²) >= 11 is 12.0. The van der Waals surface area contributed by atoms with Gasteiger partial charge in [0.1, 0.15) is 0 Å². The van der Waals surface area contributed by atoms with Gasteiger partial charge < -0.3 is 15.4 Å². The van der Waals surface area contributed by atoms with Crippen LogP contribution in [-0.2, 0) is 11.3 Å². The van der Waals surface area contributed by atoms with E-state index in [0.717, 1.165) is 5.56 Å². The number of halogens is 2. The molecule has 5 nitrogen and oxygen atoms in total. The van der Waals surface area contributed by atoms with Crippen molar-refractivity contribution in [3.05, 3.63) is 63.6 Å². The van der Waals surface area contributed by atoms with E-state index in [1.165, 1.54) is 25.3 Å². The van der Waals surface area contributed by atoms with Gasteiger partial charge in [-0.05, 0) is 29.8 Å². The van der Waals surface area contributed by atoms with Crippen molar-refractivity contribution in [2.45, 2.75) is 6.54 Å². The Bertz CT molecular complexity index is 735. The van der Waals surface area contributed by atoms with Crippen molar-refractivity contribution in [1.29, 1.82) is 0 Å². The van der Waals surface area contributed by atoms with Crippen LogP contribution in [0.4, 0.5) is 10.5 Å². The molecule has 0 aliphatic rings. The minimum Gasteiger partial charge on any atom is -0.465 e. The van der Waals surface area contributed by atoms with Gasteiger partial charge >= 0.3 is 12.0 Å². The van der Waals surface area contributed by atoms with Gasteiger partial charge in [-0.25, -0.2) is 9.59 Å². The third-order valence-corrected chi connectivity index (χ3v) is 3.73. The van der Waals surface area contributed by atoms with Crippen LogP contribution in [0.15, 0.2) is 42.5 Å². The van der Waals surface area contributed by atoms with Crippen molar-refractivity contribution in [3.8, 4) is 0 Å². The van der Waals surface area contributed by atoms with E-state index in [9.17, 15) is 9.59 Å². The molecule has 7 heteroatoms. The van der Waals surface area contributed by atoms with E-state index < -0.39 is 12.0 Å². The average Bonchev–Trinajstić information content (AvgIpc) is 2.55. The molecule has 0 spiro atoms. The summed E-state index contributed by atoms with van der Waals surface area (Å²) in [7, 11) is 1.28. The number of carbonyl (C=O) groups is 2. The molecule has 2 aromatic carbocycles. The highest BCUT2D eigenvalue weighted by molar-refractivity contribution is 6.34. The summed E-state index contributed by atoms with van der Waals surface area (Å²) in [6.45, 7) is 0.264. The van der Waals surface area contributed by atoms with Crippen LogP contribution in [0, 0.1) is 0 Å². The second-order valence-electron chi connectivity index (χ2n) is 4.59. The zero-order valence-corrected chi connectivity index (χ0v) is 13.7. The minimum atomic E-state index is -0.513. The second kappa shape index (κ2) is 7.85. The monoisotopic (exact) mass is 352 g/mol. The summed E-state index contributed by atoms with van der Waals surface area (Å²) in [5, 5.41) is 6.13. The Morgan fingerprint density at radius 3 is 2.52 bits per heavy atom. The molecule has 0 saturated carbocycles. The first-order chi connectivity index (χ1) is 11.0. The van der Waals surface area contributed by atoms with Gasteiger partial charge in [-0.2, -0.15) is 0 Å². The lowest BCUT2D eigenvalue weighted by Gasteiger charge is -2.11. The van der Waals surface area contributed by atoms with E-state index in [0.29, 0.717) is 21.3 Å². The lowest BCUT2D eigenvalue weighted by Crippen LogP contribution is -2.28. The molecule has 0 aromatic heterocycles. The molecule has 23 heavy (non-hydrogen) atoms. The maximum Gasteiger partial charge on any atom is 0.337 e. The number of esters is 1. The third-order valence-electron chi connectivity index (χ3n) is 3.03. The van der Waals surface area contributed by atoms with Crippen LogP contribution in [0.2, 0.25) is 10.0 Å². The number of carbonyl (C=O) groups excluding carboxylic acids is 2. The second-order valence-corrected chi connectivity index (χ2v) is 5.40. The van der Waals surface area contributed by atoms with E-state index in [2.05, 4.69) is 15.4 Å². The van der Waals surface area contributed by atoms with Crippen LogP contribution >= 0.6 is 23.2 Å². The fraction of sp³-hybridized carbons (Fsp3) is 0.125. The number of hydrogen-bond donors (Lipinski definition) is 2. The van der Waals surface area contributed by atoms with Crippen LogP contribution in [0.5, 0.6) is 0 Å². The van der Waals surface area contributed by atoms with Gasteiger partial charge in [-0.1, -0.05) is 41.4 Å². The number of nitrogens with one attached hydrogen (secondary N) is 2. The van der Waals surface area contributed by atoms with E-state index in [1.807, 2.05) is 18.2 Å². The number of ether oxygens (including phenoxy) is 1. The largest absolute Gasteiger partial charge is 0.465 e. The van der Waals surface area contributed by atoms with Gasteiger partial charge in [-0.15, -0.1) is 0 Å². The quantitative estimate of drug-likeness (QED) is 0.813. The summed E-state index contributed by atoms with van der Waals surface area (Å²) in [5.41, 5.74) is 1.39. The third kappa shape index (κ3) is 4.61. The van der Waals surface area contributed by atoms with Gasteiger partial charge in [0.15, 0.2) is 0 Å². The number of anilines is 1. The lowest BCUT2D eigenvalue weighted by molar-refractivity contribution is 0.0600. The first kappa shape index (κ1) is 17.1. The number of hydrogen-bond acceptors (Lipinski definition) is 3. The van der Waals surface area contributed by atoms with Crippen molar-refractivity contribution in [3.63, 3.8) is 0 Å². The standard InChI is InChI=1S/C16H14Cl2N2O3/c1-23-15(21)10-6-7-13(18)14(8-10)20-16(22)19-9-11-4-2-3-5-12(11)17/h2-8H,9H2,1H3,(H2,19,20,22). The van der Waals surface area contributed by atoms with Crippen molar-refractivity contribution in [2.24, 2.45) is 0 Å². The maximum atomic E-state index is 12.0. The number of benzene rings is 2. The highest BCUT2D eigenvalue weighted by Gasteiger charge is 2.11. The smallest absolute Gasteiger partial charge is 0.337 e. The summed E-state index contributed by atoms with van der Waals surface area (Å²) in [5.74, 6) is -0.513. The summed E-state index contributed by atoms with van der Waals surface area (Å²) in [4.78, 5) is 23.5. The molecule has 0 aliphatic heterocycles. The summed E-state index contributed by atoms with van der Waals surface area (Å²) in [6, 6.07) is 11.2. The Labute approximate surface area is 143 Å². The van der Waals surface area contributed by atoms with E-state index in [4.69, 9.17) is 23.2 Å². The Kier molecular flexibility index (Phi) is 5.84. The summed E-state index contributed by atoms with van der Waals surface area (Å²) in [6.07, 6.45) is 0. The molecule has 0 bridgehead atoms. The topological polar surface area (TPSA) is 67.4 Å². The Morgan fingerprint density at radius 2 is 1.83 bits per heavy atom. The van der Waals surface area contributed by atoms with Gasteiger partial charge in [0.05, 0.1) is 23.4 Å². The van der Waals surface area contributed by atoms with E-state index in [-0.39, 0.29) is 6.54 Å². The Hall–Kier alpha value is -2.24. The molecule has 0 unspecified atom stereocenters. The molecular weight excluding hydrogens is 339 g/mol. The Balaban J connectivity index is 2.02. The van der Waals surface area contributed by atoms with Crippen molar-refractivity contribution >= 4 is 40.9 Å². The van der Waals surface area contributed by atoms with Crippen LogP contribution in [0.25, 0.3) is 0 Å². The zero-order chi connectivity index (χ0) is 16.8. The Morgan fingerprint density at radius 1 is 1.09 bits per heavy atom. The molecule has 2 aromatic rings. The number of rotatable bonds is 4. The van der Waals surface area contributed by atoms with Gasteiger partial charge in [0.2, 0.25) is 0 Å². The van der Waals surface area contributed by atoms with E-state index >= 15 is 0 Å². The molecular formula is C16H14Cl2N2O3. The lowest BCUT2D eigenvalue weighted by atomic mass is 10.2. The first-order valence-electron chi connectivity index (χ1n) is 6.67.